The van der Waals surface area contributed by atoms with E-state index in [1.165, 1.54) is 5.57 Å². The molecule has 2 atom stereocenters. The van der Waals surface area contributed by atoms with E-state index in [9.17, 15) is 9.90 Å². The van der Waals surface area contributed by atoms with E-state index in [1.54, 1.807) is 13.8 Å². The van der Waals surface area contributed by atoms with Gasteiger partial charge in [0.05, 0.1) is 5.60 Å². The van der Waals surface area contributed by atoms with Crippen LogP contribution in [0.15, 0.2) is 23.8 Å². The van der Waals surface area contributed by atoms with E-state index in [0.29, 0.717) is 12.3 Å². The number of allylic oxidation sites excluding steroid dienone is 4. The second-order valence-electron chi connectivity index (χ2n) is 5.91. The second kappa shape index (κ2) is 5.63. The lowest BCUT2D eigenvalue weighted by molar-refractivity contribution is -0.123. The summed E-state index contributed by atoms with van der Waals surface area (Å²) < 4.78 is 0. The molecule has 2 unspecified atom stereocenters. The van der Waals surface area contributed by atoms with Crippen molar-refractivity contribution < 1.29 is 9.90 Å². The van der Waals surface area contributed by atoms with Crippen molar-refractivity contribution in [3.05, 3.63) is 23.8 Å². The monoisotopic (exact) mass is 236 g/mol. The van der Waals surface area contributed by atoms with Crippen molar-refractivity contribution in [2.75, 3.05) is 0 Å². The predicted octanol–water partition coefficient (Wildman–Crippen LogP) is 3.27. The molecule has 0 aromatic rings. The molecule has 1 aliphatic rings. The lowest BCUT2D eigenvalue weighted by Crippen LogP contribution is -2.24. The lowest BCUT2D eigenvalue weighted by Gasteiger charge is -2.20. The molecule has 2 nitrogen and oxygen atoms in total. The third-order valence-corrected chi connectivity index (χ3v) is 3.08. The Labute approximate surface area is 104 Å². The van der Waals surface area contributed by atoms with Crippen LogP contribution in [0.2, 0.25) is 0 Å². The van der Waals surface area contributed by atoms with Gasteiger partial charge in [-0.05, 0) is 37.7 Å². The Morgan fingerprint density at radius 1 is 1.59 bits per heavy atom. The van der Waals surface area contributed by atoms with Gasteiger partial charge in [-0.15, -0.1) is 0 Å². The van der Waals surface area contributed by atoms with Gasteiger partial charge in [-0.1, -0.05) is 32.1 Å². The summed E-state index contributed by atoms with van der Waals surface area (Å²) in [6.45, 7) is 7.62. The molecule has 0 saturated heterocycles. The van der Waals surface area contributed by atoms with Crippen molar-refractivity contribution in [2.45, 2.75) is 52.6 Å². The van der Waals surface area contributed by atoms with Gasteiger partial charge in [-0.2, -0.15) is 0 Å². The lowest BCUT2D eigenvalue weighted by atomic mass is 9.87. The molecule has 0 amide bonds. The van der Waals surface area contributed by atoms with Gasteiger partial charge in [0, 0.05) is 12.8 Å². The minimum Gasteiger partial charge on any atom is -0.390 e. The summed E-state index contributed by atoms with van der Waals surface area (Å²) in [5, 5.41) is 9.60. The van der Waals surface area contributed by atoms with Crippen molar-refractivity contribution in [1.29, 1.82) is 0 Å². The third-order valence-electron chi connectivity index (χ3n) is 3.08. The van der Waals surface area contributed by atoms with Gasteiger partial charge in [0.15, 0.2) is 0 Å². The van der Waals surface area contributed by atoms with Crippen molar-refractivity contribution in [3.63, 3.8) is 0 Å². The van der Waals surface area contributed by atoms with E-state index >= 15 is 0 Å². The molecule has 0 aromatic carbocycles. The van der Waals surface area contributed by atoms with Crippen LogP contribution in [0.1, 0.15) is 47.0 Å². The zero-order valence-electron chi connectivity index (χ0n) is 11.4. The fourth-order valence-corrected chi connectivity index (χ4v) is 2.12. The van der Waals surface area contributed by atoms with Crippen molar-refractivity contribution in [1.82, 2.24) is 0 Å². The van der Waals surface area contributed by atoms with E-state index in [2.05, 4.69) is 32.1 Å². The highest BCUT2D eigenvalue weighted by Gasteiger charge is 2.20. The number of aliphatic hydroxyl groups is 1. The first kappa shape index (κ1) is 14.2. The first-order chi connectivity index (χ1) is 7.78. The highest BCUT2D eigenvalue weighted by Crippen LogP contribution is 2.25. The molecule has 0 bridgehead atoms. The minimum atomic E-state index is -0.887. The third kappa shape index (κ3) is 5.31. The average Bonchev–Trinajstić information content (AvgIpc) is 2.15. The Hall–Kier alpha value is -0.890. The maximum atomic E-state index is 11.8. The molecular weight excluding hydrogens is 212 g/mol. The van der Waals surface area contributed by atoms with Gasteiger partial charge in [-0.3, -0.25) is 4.79 Å². The highest BCUT2D eigenvalue weighted by atomic mass is 16.3. The zero-order valence-corrected chi connectivity index (χ0v) is 11.4. The Kier molecular flexibility index (Phi) is 4.70. The Morgan fingerprint density at radius 2 is 2.24 bits per heavy atom. The van der Waals surface area contributed by atoms with Crippen LogP contribution in [0.4, 0.5) is 0 Å². The van der Waals surface area contributed by atoms with Crippen molar-refractivity contribution in [3.8, 4) is 0 Å². The van der Waals surface area contributed by atoms with Gasteiger partial charge in [0.1, 0.15) is 5.78 Å². The normalized spacial score (nSPS) is 22.2. The molecule has 2 heteroatoms. The maximum absolute atomic E-state index is 11.8. The van der Waals surface area contributed by atoms with Gasteiger partial charge >= 0.3 is 0 Å². The van der Waals surface area contributed by atoms with Crippen LogP contribution in [0, 0.1) is 11.8 Å². The van der Waals surface area contributed by atoms with E-state index < -0.39 is 5.60 Å². The fourth-order valence-electron chi connectivity index (χ4n) is 2.12. The van der Waals surface area contributed by atoms with Gasteiger partial charge in [-0.25, -0.2) is 0 Å². The summed E-state index contributed by atoms with van der Waals surface area (Å²) in [6.07, 6.45) is 8.39. The summed E-state index contributed by atoms with van der Waals surface area (Å²) >= 11 is 0. The smallest absolute Gasteiger partial charge is 0.136 e. The fraction of sp³-hybridized carbons (Fsp3) is 0.667. The summed E-state index contributed by atoms with van der Waals surface area (Å²) in [5.74, 6) is 1.00. The first-order valence-corrected chi connectivity index (χ1v) is 6.40. The molecule has 96 valence electrons. The minimum absolute atomic E-state index is 0.137. The number of rotatable bonds is 5. The van der Waals surface area contributed by atoms with E-state index in [-0.39, 0.29) is 18.1 Å². The molecule has 0 radical (unpaired) electrons. The zero-order chi connectivity index (χ0) is 13.1. The predicted molar refractivity (Wildman–Crippen MR) is 70.7 cm³/mol. The van der Waals surface area contributed by atoms with Crippen LogP contribution >= 0.6 is 0 Å². The van der Waals surface area contributed by atoms with Crippen molar-refractivity contribution in [2.24, 2.45) is 11.8 Å². The molecule has 17 heavy (non-hydrogen) atoms. The highest BCUT2D eigenvalue weighted by molar-refractivity contribution is 5.80. The molecular formula is C15H24O2. The SMILES string of the molecule is CC1C=CC(C(C)CC(=O)CC(C)(C)O)=CC1. The summed E-state index contributed by atoms with van der Waals surface area (Å²) in [6, 6.07) is 0. The molecule has 0 aromatic heterocycles. The quantitative estimate of drug-likeness (QED) is 0.795. The van der Waals surface area contributed by atoms with E-state index in [0.717, 1.165) is 6.42 Å². The molecule has 1 aliphatic carbocycles. The van der Waals surface area contributed by atoms with E-state index in [4.69, 9.17) is 0 Å². The first-order valence-electron chi connectivity index (χ1n) is 6.40. The number of hydrogen-bond donors (Lipinski definition) is 1. The standard InChI is InChI=1S/C15H24O2/c1-11-5-7-13(8-6-11)12(2)9-14(16)10-15(3,4)17/h5,7-8,11-12,17H,6,9-10H2,1-4H3. The average molecular weight is 236 g/mol. The Morgan fingerprint density at radius 3 is 2.71 bits per heavy atom. The van der Waals surface area contributed by atoms with Gasteiger partial charge in [0.2, 0.25) is 0 Å². The summed E-state index contributed by atoms with van der Waals surface area (Å²) in [4.78, 5) is 11.8. The molecule has 0 aliphatic heterocycles. The Balaban J connectivity index is 2.47. The number of carbonyl (C=O) groups is 1. The van der Waals surface area contributed by atoms with Crippen LogP contribution < -0.4 is 0 Å². The molecule has 1 rings (SSSR count). The number of Topliss-reactive ketones (excluding diaryl/α,β-unsaturated/α-hetero) is 1. The number of hydrogen-bond acceptors (Lipinski definition) is 2. The van der Waals surface area contributed by atoms with Gasteiger partial charge < -0.3 is 5.11 Å². The molecule has 0 heterocycles. The van der Waals surface area contributed by atoms with Crippen molar-refractivity contribution >= 4 is 5.78 Å². The second-order valence-corrected chi connectivity index (χ2v) is 5.91. The largest absolute Gasteiger partial charge is 0.390 e. The molecule has 0 fully saturated rings. The topological polar surface area (TPSA) is 37.3 Å². The number of carbonyl (C=O) groups excluding carboxylic acids is 1. The van der Waals surface area contributed by atoms with Crippen LogP contribution in [-0.4, -0.2) is 16.5 Å². The van der Waals surface area contributed by atoms with Crippen LogP contribution in [0.5, 0.6) is 0 Å². The van der Waals surface area contributed by atoms with Crippen LogP contribution in [-0.2, 0) is 4.79 Å². The maximum Gasteiger partial charge on any atom is 0.136 e. The molecule has 0 saturated carbocycles. The summed E-state index contributed by atoms with van der Waals surface area (Å²) in [7, 11) is 0. The summed E-state index contributed by atoms with van der Waals surface area (Å²) in [5.41, 5.74) is 0.370. The van der Waals surface area contributed by atoms with Crippen LogP contribution in [0.3, 0.4) is 0 Å². The molecule has 1 N–H and O–H groups in total. The Bertz CT molecular complexity index is 331. The van der Waals surface area contributed by atoms with E-state index in [1.807, 2.05) is 0 Å². The van der Waals surface area contributed by atoms with Gasteiger partial charge in [0.25, 0.3) is 0 Å². The van der Waals surface area contributed by atoms with Crippen LogP contribution in [0.25, 0.3) is 0 Å². The molecule has 0 spiro atoms. The number of ketones is 1.